The Bertz CT molecular complexity index is 391. The van der Waals surface area contributed by atoms with Crippen molar-refractivity contribution < 1.29 is 19.0 Å². The molecule has 0 radical (unpaired) electrons. The van der Waals surface area contributed by atoms with Crippen LogP contribution in [0, 0.1) is 0 Å². The second kappa shape index (κ2) is 5.98. The predicted octanol–water partition coefficient (Wildman–Crippen LogP) is 2.07. The minimum absolute atomic E-state index is 0.440. The fourth-order valence-electron chi connectivity index (χ4n) is 2.34. The topological polar surface area (TPSA) is 44.8 Å². The lowest BCUT2D eigenvalue weighted by molar-refractivity contribution is -0.189. The minimum Gasteiger partial charge on any atom is -0.497 e. The first kappa shape index (κ1) is 13.1. The Labute approximate surface area is 107 Å². The Morgan fingerprint density at radius 2 is 2.00 bits per heavy atom. The molecular formula is C14H18O4. The molecule has 0 aromatic heterocycles. The maximum Gasteiger partial charge on any atom is 0.150 e. The quantitative estimate of drug-likeness (QED) is 0.770. The van der Waals surface area contributed by atoms with Gasteiger partial charge in [-0.1, -0.05) is 12.1 Å². The number of fused-ring (bicyclic) bond motifs is 1. The smallest absolute Gasteiger partial charge is 0.150 e. The van der Waals surface area contributed by atoms with E-state index in [1.54, 1.807) is 38.5 Å². The van der Waals surface area contributed by atoms with E-state index in [9.17, 15) is 4.79 Å². The molecule has 1 aromatic carbocycles. The molecule has 0 N–H and O–H groups in total. The average Bonchev–Trinajstić information content (AvgIpc) is 3.03. The summed E-state index contributed by atoms with van der Waals surface area (Å²) in [6, 6.07) is 7.00. The van der Waals surface area contributed by atoms with Gasteiger partial charge in [0, 0.05) is 12.7 Å². The Balaban J connectivity index is 0.000000136. The number of rotatable bonds is 3. The summed E-state index contributed by atoms with van der Waals surface area (Å²) in [6.45, 7) is 0. The van der Waals surface area contributed by atoms with Crippen molar-refractivity contribution in [1.29, 1.82) is 0 Å². The Hall–Kier alpha value is -1.39. The number of hydrogen-bond donors (Lipinski definition) is 0. The van der Waals surface area contributed by atoms with Gasteiger partial charge in [-0.05, 0) is 25.0 Å². The fraction of sp³-hybridized carbons (Fsp3) is 0.500. The summed E-state index contributed by atoms with van der Waals surface area (Å²) in [5.41, 5.74) is 0.638. The summed E-state index contributed by atoms with van der Waals surface area (Å²) in [5.74, 6) is 0.713. The first-order valence-corrected chi connectivity index (χ1v) is 6.06. The third kappa shape index (κ3) is 2.71. The van der Waals surface area contributed by atoms with Gasteiger partial charge in [-0.15, -0.1) is 0 Å². The van der Waals surface area contributed by atoms with Gasteiger partial charge < -0.3 is 14.2 Å². The van der Waals surface area contributed by atoms with Gasteiger partial charge in [0.25, 0.3) is 0 Å². The molecule has 2 unspecified atom stereocenters. The molecule has 2 aliphatic heterocycles. The SMILES string of the molecule is COC1C2CCC1O2.COc1cccc(C=O)c1. The summed E-state index contributed by atoms with van der Waals surface area (Å²) in [5, 5.41) is 0. The van der Waals surface area contributed by atoms with Crippen LogP contribution in [-0.4, -0.2) is 38.8 Å². The van der Waals surface area contributed by atoms with Crippen LogP contribution in [0.4, 0.5) is 0 Å². The number of methoxy groups -OCH3 is 2. The van der Waals surface area contributed by atoms with Gasteiger partial charge in [0.05, 0.1) is 19.3 Å². The van der Waals surface area contributed by atoms with E-state index in [-0.39, 0.29) is 0 Å². The van der Waals surface area contributed by atoms with E-state index in [1.807, 2.05) is 0 Å². The van der Waals surface area contributed by atoms with Crippen molar-refractivity contribution in [3.63, 3.8) is 0 Å². The van der Waals surface area contributed by atoms with Crippen molar-refractivity contribution in [3.05, 3.63) is 29.8 Å². The van der Waals surface area contributed by atoms with Gasteiger partial charge in [-0.25, -0.2) is 0 Å². The molecule has 2 bridgehead atoms. The van der Waals surface area contributed by atoms with E-state index < -0.39 is 0 Å². The maximum absolute atomic E-state index is 10.2. The van der Waals surface area contributed by atoms with Gasteiger partial charge >= 0.3 is 0 Å². The van der Waals surface area contributed by atoms with E-state index in [4.69, 9.17) is 14.2 Å². The zero-order chi connectivity index (χ0) is 13.0. The molecule has 2 atom stereocenters. The van der Waals surface area contributed by atoms with Crippen LogP contribution in [0.3, 0.4) is 0 Å². The number of benzene rings is 1. The van der Waals surface area contributed by atoms with Crippen LogP contribution in [0.5, 0.6) is 5.75 Å². The highest BCUT2D eigenvalue weighted by molar-refractivity contribution is 5.75. The largest absolute Gasteiger partial charge is 0.497 e. The molecule has 0 spiro atoms. The molecule has 2 heterocycles. The van der Waals surface area contributed by atoms with Gasteiger partial charge in [0.15, 0.2) is 0 Å². The summed E-state index contributed by atoms with van der Waals surface area (Å²) in [7, 11) is 3.34. The first-order chi connectivity index (χ1) is 8.78. The zero-order valence-electron chi connectivity index (χ0n) is 10.7. The molecule has 0 amide bonds. The van der Waals surface area contributed by atoms with Gasteiger partial charge in [-0.2, -0.15) is 0 Å². The van der Waals surface area contributed by atoms with Crippen molar-refractivity contribution in [2.24, 2.45) is 0 Å². The van der Waals surface area contributed by atoms with E-state index in [1.165, 1.54) is 12.8 Å². The lowest BCUT2D eigenvalue weighted by atomic mass is 10.1. The zero-order valence-corrected chi connectivity index (χ0v) is 10.7. The van der Waals surface area contributed by atoms with Crippen LogP contribution in [0.2, 0.25) is 0 Å². The molecule has 3 fully saturated rings. The molecule has 98 valence electrons. The lowest BCUT2D eigenvalue weighted by Crippen LogP contribution is -2.46. The molecule has 18 heavy (non-hydrogen) atoms. The highest BCUT2D eigenvalue weighted by atomic mass is 16.6. The third-order valence-corrected chi connectivity index (χ3v) is 3.32. The van der Waals surface area contributed by atoms with Gasteiger partial charge in [0.2, 0.25) is 0 Å². The second-order valence-electron chi connectivity index (χ2n) is 4.39. The molecule has 1 aliphatic carbocycles. The molecular weight excluding hydrogens is 232 g/mol. The molecule has 1 aromatic rings. The third-order valence-electron chi connectivity index (χ3n) is 3.32. The second-order valence-corrected chi connectivity index (χ2v) is 4.39. The summed E-state index contributed by atoms with van der Waals surface area (Å²) in [6.07, 6.45) is 4.56. The van der Waals surface area contributed by atoms with Crippen LogP contribution in [0.1, 0.15) is 23.2 Å². The fourth-order valence-corrected chi connectivity index (χ4v) is 2.34. The number of carbonyl (C=O) groups excluding carboxylic acids is 1. The van der Waals surface area contributed by atoms with Crippen molar-refractivity contribution >= 4 is 6.29 Å². The van der Waals surface area contributed by atoms with Crippen molar-refractivity contribution in [1.82, 2.24) is 0 Å². The molecule has 2 saturated heterocycles. The molecule has 4 rings (SSSR count). The van der Waals surface area contributed by atoms with Crippen LogP contribution >= 0.6 is 0 Å². The molecule has 3 aliphatic rings. The Morgan fingerprint density at radius 1 is 1.28 bits per heavy atom. The van der Waals surface area contributed by atoms with E-state index >= 15 is 0 Å². The van der Waals surface area contributed by atoms with E-state index in [2.05, 4.69) is 0 Å². The van der Waals surface area contributed by atoms with E-state index in [0.29, 0.717) is 29.6 Å². The highest BCUT2D eigenvalue weighted by Crippen LogP contribution is 2.38. The van der Waals surface area contributed by atoms with Crippen LogP contribution in [0.15, 0.2) is 24.3 Å². The summed E-state index contributed by atoms with van der Waals surface area (Å²) >= 11 is 0. The predicted molar refractivity (Wildman–Crippen MR) is 67.1 cm³/mol. The van der Waals surface area contributed by atoms with E-state index in [0.717, 1.165) is 6.29 Å². The monoisotopic (exact) mass is 250 g/mol. The van der Waals surface area contributed by atoms with Gasteiger partial charge in [0.1, 0.15) is 18.1 Å². The van der Waals surface area contributed by atoms with Crippen molar-refractivity contribution in [2.45, 2.75) is 31.2 Å². The summed E-state index contributed by atoms with van der Waals surface area (Å²) < 4.78 is 15.4. The number of hydrogen-bond acceptors (Lipinski definition) is 4. The highest BCUT2D eigenvalue weighted by Gasteiger charge is 2.48. The summed E-state index contributed by atoms with van der Waals surface area (Å²) in [4.78, 5) is 10.2. The average molecular weight is 250 g/mol. The van der Waals surface area contributed by atoms with Crippen LogP contribution in [0.25, 0.3) is 0 Å². The maximum atomic E-state index is 10.2. The molecule has 4 heteroatoms. The van der Waals surface area contributed by atoms with Crippen molar-refractivity contribution in [3.8, 4) is 5.75 Å². The molecule has 1 saturated carbocycles. The van der Waals surface area contributed by atoms with Gasteiger partial charge in [-0.3, -0.25) is 4.79 Å². The minimum atomic E-state index is 0.440. The molecule has 4 nitrogen and oxygen atoms in total. The van der Waals surface area contributed by atoms with Crippen LogP contribution in [-0.2, 0) is 9.47 Å². The Kier molecular flexibility index (Phi) is 4.33. The van der Waals surface area contributed by atoms with Crippen molar-refractivity contribution in [2.75, 3.05) is 14.2 Å². The number of carbonyl (C=O) groups is 1. The lowest BCUT2D eigenvalue weighted by Gasteiger charge is -2.34. The Morgan fingerprint density at radius 3 is 2.44 bits per heavy atom. The number of ether oxygens (including phenoxy) is 3. The normalized spacial score (nSPS) is 27.8. The number of aldehydes is 1. The standard InChI is InChI=1S/C8H8O2.C6H10O2/c1-10-8-4-2-3-7(5-8)6-9;1-7-6-4-2-3-5(6)8-4/h2-6H,1H3;4-6H,2-3H2,1H3. The van der Waals surface area contributed by atoms with Crippen LogP contribution < -0.4 is 4.74 Å². The first-order valence-electron chi connectivity index (χ1n) is 6.06.